The van der Waals surface area contributed by atoms with Crippen LogP contribution in [0.2, 0.25) is 0 Å². The maximum atomic E-state index is 12.6. The van der Waals surface area contributed by atoms with Gasteiger partial charge in [0.1, 0.15) is 0 Å². The molecular formula is C16H22N2O3. The molecule has 2 unspecified atom stereocenters. The topological polar surface area (TPSA) is 64.8 Å². The third-order valence-corrected chi connectivity index (χ3v) is 4.33. The summed E-state index contributed by atoms with van der Waals surface area (Å²) in [4.78, 5) is 14.5. The van der Waals surface area contributed by atoms with Crippen molar-refractivity contribution in [3.05, 3.63) is 23.8 Å². The van der Waals surface area contributed by atoms with E-state index in [1.54, 1.807) is 0 Å². The second kappa shape index (κ2) is 5.93. The van der Waals surface area contributed by atoms with E-state index in [0.717, 1.165) is 36.3 Å². The molecule has 1 aliphatic carbocycles. The van der Waals surface area contributed by atoms with E-state index in [-0.39, 0.29) is 24.7 Å². The van der Waals surface area contributed by atoms with Crippen molar-refractivity contribution < 1.29 is 14.3 Å². The highest BCUT2D eigenvalue weighted by atomic mass is 16.7. The summed E-state index contributed by atoms with van der Waals surface area (Å²) in [7, 11) is 0. The highest BCUT2D eigenvalue weighted by Crippen LogP contribution is 2.33. The molecular weight excluding hydrogens is 268 g/mol. The number of ether oxygens (including phenoxy) is 2. The minimum absolute atomic E-state index is 0.0916. The Morgan fingerprint density at radius 1 is 1.33 bits per heavy atom. The molecule has 0 saturated heterocycles. The number of benzene rings is 1. The molecule has 1 saturated carbocycles. The van der Waals surface area contributed by atoms with Gasteiger partial charge in [-0.2, -0.15) is 0 Å². The summed E-state index contributed by atoms with van der Waals surface area (Å²) in [5.74, 6) is 1.85. The molecule has 1 heterocycles. The summed E-state index contributed by atoms with van der Waals surface area (Å²) in [6, 6.07) is 6.03. The molecule has 0 bridgehead atoms. The number of fused-ring (bicyclic) bond motifs is 1. The summed E-state index contributed by atoms with van der Waals surface area (Å²) in [6.07, 6.45) is 2.69. The normalized spacial score (nSPS) is 23.3. The predicted molar refractivity (Wildman–Crippen MR) is 79.0 cm³/mol. The minimum atomic E-state index is 0.0916. The zero-order valence-electron chi connectivity index (χ0n) is 12.4. The monoisotopic (exact) mass is 290 g/mol. The lowest BCUT2D eigenvalue weighted by Gasteiger charge is -2.24. The average molecular weight is 290 g/mol. The SMILES string of the molecule is CCN(Cc1ccc2c(c1)OCO2)C(=O)C1CCC(N)C1. The van der Waals surface area contributed by atoms with Gasteiger partial charge in [0.05, 0.1) is 0 Å². The van der Waals surface area contributed by atoms with Crippen molar-refractivity contribution in [2.45, 2.75) is 38.8 Å². The van der Waals surface area contributed by atoms with E-state index in [0.29, 0.717) is 13.1 Å². The summed E-state index contributed by atoms with van der Waals surface area (Å²) in [6.45, 7) is 3.60. The fourth-order valence-corrected chi connectivity index (χ4v) is 3.10. The van der Waals surface area contributed by atoms with Crippen LogP contribution < -0.4 is 15.2 Å². The zero-order chi connectivity index (χ0) is 14.8. The van der Waals surface area contributed by atoms with E-state index in [2.05, 4.69) is 0 Å². The first kappa shape index (κ1) is 14.2. The van der Waals surface area contributed by atoms with Crippen LogP contribution in [0.3, 0.4) is 0 Å². The third-order valence-electron chi connectivity index (χ3n) is 4.33. The molecule has 2 N–H and O–H groups in total. The molecule has 5 nitrogen and oxygen atoms in total. The maximum Gasteiger partial charge on any atom is 0.231 e. The lowest BCUT2D eigenvalue weighted by atomic mass is 10.1. The number of hydrogen-bond donors (Lipinski definition) is 1. The fourth-order valence-electron chi connectivity index (χ4n) is 3.10. The van der Waals surface area contributed by atoms with Crippen molar-refractivity contribution in [1.82, 2.24) is 4.90 Å². The predicted octanol–water partition coefficient (Wildman–Crippen LogP) is 1.89. The second-order valence-corrected chi connectivity index (χ2v) is 5.81. The Morgan fingerprint density at radius 3 is 2.86 bits per heavy atom. The fraction of sp³-hybridized carbons (Fsp3) is 0.562. The molecule has 0 aromatic heterocycles. The van der Waals surface area contributed by atoms with Gasteiger partial charge in [-0.25, -0.2) is 0 Å². The van der Waals surface area contributed by atoms with Gasteiger partial charge >= 0.3 is 0 Å². The first-order valence-corrected chi connectivity index (χ1v) is 7.60. The van der Waals surface area contributed by atoms with Crippen LogP contribution in [0.1, 0.15) is 31.7 Å². The first-order valence-electron chi connectivity index (χ1n) is 7.60. The molecule has 21 heavy (non-hydrogen) atoms. The number of carbonyl (C=O) groups excluding carboxylic acids is 1. The molecule has 1 aliphatic heterocycles. The second-order valence-electron chi connectivity index (χ2n) is 5.81. The number of nitrogens with zero attached hydrogens (tertiary/aromatic N) is 1. The highest BCUT2D eigenvalue weighted by molar-refractivity contribution is 5.79. The summed E-state index contributed by atoms with van der Waals surface area (Å²) >= 11 is 0. The van der Waals surface area contributed by atoms with Crippen LogP contribution in [-0.4, -0.2) is 30.2 Å². The summed E-state index contributed by atoms with van der Waals surface area (Å²) in [5, 5.41) is 0. The van der Waals surface area contributed by atoms with Gasteiger partial charge in [0, 0.05) is 25.0 Å². The molecule has 1 aromatic carbocycles. The Balaban J connectivity index is 1.68. The van der Waals surface area contributed by atoms with Crippen molar-refractivity contribution in [2.24, 2.45) is 11.7 Å². The van der Waals surface area contributed by atoms with Crippen LogP contribution >= 0.6 is 0 Å². The Labute approximate surface area is 125 Å². The van der Waals surface area contributed by atoms with Crippen molar-refractivity contribution in [3.8, 4) is 11.5 Å². The van der Waals surface area contributed by atoms with Crippen LogP contribution in [0.15, 0.2) is 18.2 Å². The van der Waals surface area contributed by atoms with Gasteiger partial charge < -0.3 is 20.1 Å². The van der Waals surface area contributed by atoms with Gasteiger partial charge in [-0.15, -0.1) is 0 Å². The van der Waals surface area contributed by atoms with E-state index in [1.165, 1.54) is 0 Å². The standard InChI is InChI=1S/C16H22N2O3/c1-2-18(16(19)12-4-5-13(17)8-12)9-11-3-6-14-15(7-11)21-10-20-14/h3,6-7,12-13H,2,4-5,8-10,17H2,1H3. The highest BCUT2D eigenvalue weighted by Gasteiger charge is 2.30. The molecule has 1 amide bonds. The number of carbonyl (C=O) groups is 1. The number of nitrogens with two attached hydrogens (primary N) is 1. The van der Waals surface area contributed by atoms with Gasteiger partial charge in [0.25, 0.3) is 0 Å². The quantitative estimate of drug-likeness (QED) is 0.919. The minimum Gasteiger partial charge on any atom is -0.454 e. The molecule has 0 radical (unpaired) electrons. The Kier molecular flexibility index (Phi) is 4.01. The van der Waals surface area contributed by atoms with Crippen molar-refractivity contribution in [2.75, 3.05) is 13.3 Å². The smallest absolute Gasteiger partial charge is 0.231 e. The van der Waals surface area contributed by atoms with E-state index < -0.39 is 0 Å². The van der Waals surface area contributed by atoms with E-state index in [9.17, 15) is 4.79 Å². The van der Waals surface area contributed by atoms with E-state index in [4.69, 9.17) is 15.2 Å². The molecule has 2 aliphatic rings. The Bertz CT molecular complexity index is 532. The number of rotatable bonds is 4. The Morgan fingerprint density at radius 2 is 2.14 bits per heavy atom. The molecule has 1 fully saturated rings. The van der Waals surface area contributed by atoms with Gasteiger partial charge in [-0.05, 0) is 43.9 Å². The van der Waals surface area contributed by atoms with Crippen LogP contribution in [0.5, 0.6) is 11.5 Å². The van der Waals surface area contributed by atoms with Gasteiger partial charge in [0.2, 0.25) is 12.7 Å². The zero-order valence-corrected chi connectivity index (χ0v) is 12.4. The maximum absolute atomic E-state index is 12.6. The van der Waals surface area contributed by atoms with Gasteiger partial charge in [-0.1, -0.05) is 6.07 Å². The van der Waals surface area contributed by atoms with Crippen molar-refractivity contribution in [1.29, 1.82) is 0 Å². The van der Waals surface area contributed by atoms with Crippen molar-refractivity contribution in [3.63, 3.8) is 0 Å². The lowest BCUT2D eigenvalue weighted by Crippen LogP contribution is -2.35. The number of amides is 1. The van der Waals surface area contributed by atoms with Crippen LogP contribution in [0.4, 0.5) is 0 Å². The third kappa shape index (κ3) is 2.97. The number of hydrogen-bond acceptors (Lipinski definition) is 4. The van der Waals surface area contributed by atoms with Crippen LogP contribution in [0.25, 0.3) is 0 Å². The first-order chi connectivity index (χ1) is 10.2. The molecule has 0 spiro atoms. The molecule has 3 rings (SSSR count). The average Bonchev–Trinajstić information content (AvgIpc) is 3.12. The van der Waals surface area contributed by atoms with E-state index in [1.807, 2.05) is 30.0 Å². The van der Waals surface area contributed by atoms with Crippen molar-refractivity contribution >= 4 is 5.91 Å². The molecule has 5 heteroatoms. The molecule has 2 atom stereocenters. The van der Waals surface area contributed by atoms with Gasteiger partial charge in [0.15, 0.2) is 11.5 Å². The Hall–Kier alpha value is -1.75. The molecule has 1 aromatic rings. The molecule has 114 valence electrons. The lowest BCUT2D eigenvalue weighted by molar-refractivity contribution is -0.135. The summed E-state index contributed by atoms with van der Waals surface area (Å²) < 4.78 is 10.7. The van der Waals surface area contributed by atoms with Crippen LogP contribution in [0, 0.1) is 5.92 Å². The summed E-state index contributed by atoms with van der Waals surface area (Å²) in [5.41, 5.74) is 6.98. The van der Waals surface area contributed by atoms with Gasteiger partial charge in [-0.3, -0.25) is 4.79 Å². The van der Waals surface area contributed by atoms with Crippen LogP contribution in [-0.2, 0) is 11.3 Å². The van der Waals surface area contributed by atoms with E-state index >= 15 is 0 Å². The largest absolute Gasteiger partial charge is 0.454 e.